The number of amides is 1. The van der Waals surface area contributed by atoms with Crippen molar-refractivity contribution in [3.63, 3.8) is 0 Å². The molecule has 0 aliphatic heterocycles. The zero-order chi connectivity index (χ0) is 24.0. The summed E-state index contributed by atoms with van der Waals surface area (Å²) in [6.07, 6.45) is 0. The highest BCUT2D eigenvalue weighted by molar-refractivity contribution is 7.98. The third-order valence-corrected chi connectivity index (χ3v) is 7.60. The van der Waals surface area contributed by atoms with Gasteiger partial charge in [-0.1, -0.05) is 54.6 Å². The number of carbonyl (C=O) groups is 1. The number of hydrogen-bond donors (Lipinski definition) is 2. The van der Waals surface area contributed by atoms with Gasteiger partial charge in [-0.25, -0.2) is 8.42 Å². The maximum absolute atomic E-state index is 12.9. The van der Waals surface area contributed by atoms with Gasteiger partial charge in [0.2, 0.25) is 0 Å². The van der Waals surface area contributed by atoms with Gasteiger partial charge in [0, 0.05) is 22.0 Å². The maximum Gasteiger partial charge on any atom is 0.261 e. The van der Waals surface area contributed by atoms with Crippen molar-refractivity contribution in [2.45, 2.75) is 22.5 Å². The lowest BCUT2D eigenvalue weighted by molar-refractivity contribution is 0.102. The molecule has 0 aliphatic carbocycles. The van der Waals surface area contributed by atoms with Crippen molar-refractivity contribution in [2.75, 3.05) is 10.0 Å². The van der Waals surface area contributed by atoms with Crippen molar-refractivity contribution < 1.29 is 13.2 Å². The summed E-state index contributed by atoms with van der Waals surface area (Å²) >= 11 is 1.60. The van der Waals surface area contributed by atoms with Crippen molar-refractivity contribution >= 4 is 39.1 Å². The molecule has 0 aromatic heterocycles. The normalized spacial score (nSPS) is 11.1. The largest absolute Gasteiger partial charge is 0.322 e. The molecule has 0 fully saturated rings. The first-order valence-electron chi connectivity index (χ1n) is 10.7. The summed E-state index contributed by atoms with van der Waals surface area (Å²) in [5.74, 6) is 0.510. The van der Waals surface area contributed by atoms with E-state index in [1.807, 2.05) is 49.4 Å². The van der Waals surface area contributed by atoms with Crippen molar-refractivity contribution in [1.82, 2.24) is 0 Å². The van der Waals surface area contributed by atoms with E-state index in [1.165, 1.54) is 17.7 Å². The van der Waals surface area contributed by atoms with Gasteiger partial charge in [0.1, 0.15) is 0 Å². The van der Waals surface area contributed by atoms with Crippen LogP contribution >= 0.6 is 11.8 Å². The van der Waals surface area contributed by atoms with Crippen LogP contribution in [0.1, 0.15) is 21.5 Å². The zero-order valence-corrected chi connectivity index (χ0v) is 20.2. The molecule has 0 heterocycles. The molecular weight excluding hydrogens is 464 g/mol. The van der Waals surface area contributed by atoms with E-state index in [0.29, 0.717) is 16.9 Å². The summed E-state index contributed by atoms with van der Waals surface area (Å²) < 4.78 is 28.0. The zero-order valence-electron chi connectivity index (χ0n) is 18.6. The highest BCUT2D eigenvalue weighted by atomic mass is 32.2. The molecule has 172 valence electrons. The highest BCUT2D eigenvalue weighted by Gasteiger charge is 2.16. The fourth-order valence-corrected chi connectivity index (χ4v) is 5.41. The van der Waals surface area contributed by atoms with E-state index in [0.717, 1.165) is 16.2 Å². The van der Waals surface area contributed by atoms with Gasteiger partial charge in [-0.3, -0.25) is 9.52 Å². The smallest absolute Gasteiger partial charge is 0.261 e. The molecule has 0 saturated carbocycles. The second kappa shape index (κ2) is 10.6. The molecule has 5 nitrogen and oxygen atoms in total. The van der Waals surface area contributed by atoms with Crippen LogP contribution in [0.15, 0.2) is 113 Å². The van der Waals surface area contributed by atoms with Crippen molar-refractivity contribution in [2.24, 2.45) is 0 Å². The molecule has 34 heavy (non-hydrogen) atoms. The fourth-order valence-electron chi connectivity index (χ4n) is 3.35. The van der Waals surface area contributed by atoms with E-state index < -0.39 is 10.0 Å². The topological polar surface area (TPSA) is 75.3 Å². The van der Waals surface area contributed by atoms with Crippen LogP contribution < -0.4 is 10.0 Å². The quantitative estimate of drug-likeness (QED) is 0.284. The third-order valence-electron chi connectivity index (χ3n) is 5.06. The Labute approximate surface area is 204 Å². The molecule has 0 unspecified atom stereocenters. The molecule has 0 bridgehead atoms. The Morgan fingerprint density at radius 1 is 0.794 bits per heavy atom. The van der Waals surface area contributed by atoms with Gasteiger partial charge >= 0.3 is 0 Å². The Bertz CT molecular complexity index is 1390. The average Bonchev–Trinajstić information content (AvgIpc) is 2.83. The van der Waals surface area contributed by atoms with Crippen LogP contribution in [0.2, 0.25) is 0 Å². The SMILES string of the molecule is Cc1cccc(NS(=O)(=O)c2ccc(NC(=O)c3ccccc3SCc3ccccc3)cc2)c1. The molecular formula is C27H24N2O3S2. The first-order valence-corrected chi connectivity index (χ1v) is 13.1. The number of thioether (sulfide) groups is 1. The predicted molar refractivity (Wildman–Crippen MR) is 139 cm³/mol. The van der Waals surface area contributed by atoms with E-state index >= 15 is 0 Å². The average molecular weight is 489 g/mol. The van der Waals surface area contributed by atoms with Crippen molar-refractivity contribution in [3.05, 3.63) is 120 Å². The summed E-state index contributed by atoms with van der Waals surface area (Å²) in [7, 11) is -3.73. The molecule has 4 aromatic carbocycles. The molecule has 0 saturated heterocycles. The number of anilines is 2. The van der Waals surface area contributed by atoms with E-state index in [2.05, 4.69) is 22.2 Å². The van der Waals surface area contributed by atoms with Crippen LogP contribution in [0.25, 0.3) is 0 Å². The van der Waals surface area contributed by atoms with Crippen LogP contribution in [-0.2, 0) is 15.8 Å². The number of aryl methyl sites for hydroxylation is 1. The van der Waals surface area contributed by atoms with Crippen LogP contribution in [0.5, 0.6) is 0 Å². The molecule has 0 aliphatic rings. The fraction of sp³-hybridized carbons (Fsp3) is 0.0741. The van der Waals surface area contributed by atoms with E-state index in [1.54, 1.807) is 48.2 Å². The van der Waals surface area contributed by atoms with Gasteiger partial charge in [-0.15, -0.1) is 11.8 Å². The summed E-state index contributed by atoms with van der Waals surface area (Å²) in [5, 5.41) is 2.87. The predicted octanol–water partition coefficient (Wildman–Crippen LogP) is 6.34. The minimum Gasteiger partial charge on any atom is -0.322 e. The van der Waals surface area contributed by atoms with Crippen molar-refractivity contribution in [3.8, 4) is 0 Å². The lowest BCUT2D eigenvalue weighted by Crippen LogP contribution is -2.14. The van der Waals surface area contributed by atoms with Gasteiger partial charge < -0.3 is 5.32 Å². The molecule has 4 aromatic rings. The number of nitrogens with one attached hydrogen (secondary N) is 2. The van der Waals surface area contributed by atoms with Crippen LogP contribution in [0, 0.1) is 6.92 Å². The minimum atomic E-state index is -3.73. The molecule has 7 heteroatoms. The second-order valence-electron chi connectivity index (χ2n) is 7.72. The number of hydrogen-bond acceptors (Lipinski definition) is 4. The Hall–Kier alpha value is -3.55. The monoisotopic (exact) mass is 488 g/mol. The molecule has 4 rings (SSSR count). The standard InChI is InChI=1S/C27H24N2O3S2/c1-20-8-7-11-23(18-20)29-34(31,32)24-16-14-22(15-17-24)28-27(30)25-12-5-6-13-26(25)33-19-21-9-3-2-4-10-21/h2-18,29H,19H2,1H3,(H,28,30). The second-order valence-corrected chi connectivity index (χ2v) is 10.4. The number of rotatable bonds is 8. The van der Waals surface area contributed by atoms with Crippen LogP contribution in [0.3, 0.4) is 0 Å². The molecule has 0 spiro atoms. The first kappa shape index (κ1) is 23.6. The van der Waals surface area contributed by atoms with E-state index in [-0.39, 0.29) is 10.8 Å². The summed E-state index contributed by atoms with van der Waals surface area (Å²) in [6, 6.07) is 30.8. The number of benzene rings is 4. The summed E-state index contributed by atoms with van der Waals surface area (Å²) in [6.45, 7) is 1.90. The molecule has 0 atom stereocenters. The van der Waals surface area contributed by atoms with Gasteiger partial charge in [0.05, 0.1) is 10.5 Å². The summed E-state index contributed by atoms with van der Waals surface area (Å²) in [5.41, 5.74) is 3.73. The van der Waals surface area contributed by atoms with Gasteiger partial charge in [-0.2, -0.15) is 0 Å². The Balaban J connectivity index is 1.44. The lowest BCUT2D eigenvalue weighted by Gasteiger charge is -2.11. The minimum absolute atomic E-state index is 0.117. The number of sulfonamides is 1. The maximum atomic E-state index is 12.9. The van der Waals surface area contributed by atoms with Gasteiger partial charge in [0.15, 0.2) is 0 Å². The van der Waals surface area contributed by atoms with E-state index in [4.69, 9.17) is 0 Å². The molecule has 2 N–H and O–H groups in total. The first-order chi connectivity index (χ1) is 16.4. The van der Waals surface area contributed by atoms with Crippen LogP contribution in [0.4, 0.5) is 11.4 Å². The van der Waals surface area contributed by atoms with Gasteiger partial charge in [0.25, 0.3) is 15.9 Å². The third kappa shape index (κ3) is 6.07. The van der Waals surface area contributed by atoms with Gasteiger partial charge in [-0.05, 0) is 66.6 Å². The lowest BCUT2D eigenvalue weighted by atomic mass is 10.2. The van der Waals surface area contributed by atoms with Crippen molar-refractivity contribution in [1.29, 1.82) is 0 Å². The van der Waals surface area contributed by atoms with E-state index in [9.17, 15) is 13.2 Å². The molecule has 1 amide bonds. The number of carbonyl (C=O) groups excluding carboxylic acids is 1. The Morgan fingerprint density at radius 3 is 2.24 bits per heavy atom. The highest BCUT2D eigenvalue weighted by Crippen LogP contribution is 2.27. The Kier molecular flexibility index (Phi) is 7.35. The van der Waals surface area contributed by atoms with Crippen LogP contribution in [-0.4, -0.2) is 14.3 Å². The summed E-state index contributed by atoms with van der Waals surface area (Å²) in [4.78, 5) is 13.9. The Morgan fingerprint density at radius 2 is 1.50 bits per heavy atom. The molecule has 0 radical (unpaired) electrons.